The zero-order valence-corrected chi connectivity index (χ0v) is 9.95. The van der Waals surface area contributed by atoms with Crippen LogP contribution < -0.4 is 11.5 Å². The first-order valence-corrected chi connectivity index (χ1v) is 5.65. The van der Waals surface area contributed by atoms with Crippen molar-refractivity contribution in [3.05, 3.63) is 48.3 Å². The first kappa shape index (κ1) is 11.2. The Balaban J connectivity index is 2.31. The molecule has 19 heavy (non-hydrogen) atoms. The molecular formula is C13H11N5O. The van der Waals surface area contributed by atoms with E-state index in [1.54, 1.807) is 41.3 Å². The maximum Gasteiger partial charge on any atom is 0.252 e. The Hall–Kier alpha value is -2.89. The van der Waals surface area contributed by atoms with Crippen molar-refractivity contribution in [1.29, 1.82) is 0 Å². The largest absolute Gasteiger partial charge is 0.399 e. The number of nitrogens with zero attached hydrogens (tertiary/aromatic N) is 3. The first-order valence-electron chi connectivity index (χ1n) is 5.65. The van der Waals surface area contributed by atoms with E-state index in [0.717, 1.165) is 10.9 Å². The van der Waals surface area contributed by atoms with Gasteiger partial charge in [0.05, 0.1) is 17.3 Å². The normalized spacial score (nSPS) is 10.7. The molecule has 6 heteroatoms. The number of fused-ring (bicyclic) bond motifs is 1. The predicted octanol–water partition coefficient (Wildman–Crippen LogP) is 1.10. The summed E-state index contributed by atoms with van der Waals surface area (Å²) in [4.78, 5) is 15.6. The van der Waals surface area contributed by atoms with Gasteiger partial charge in [-0.25, -0.2) is 9.67 Å². The number of hydrogen-bond acceptors (Lipinski definition) is 4. The summed E-state index contributed by atoms with van der Waals surface area (Å²) in [5.74, 6) is -0.147. The van der Waals surface area contributed by atoms with Crippen molar-refractivity contribution in [2.45, 2.75) is 0 Å². The average molecular weight is 253 g/mol. The number of nitrogen functional groups attached to an aromatic ring is 1. The van der Waals surface area contributed by atoms with Crippen LogP contribution in [0, 0.1) is 0 Å². The fraction of sp³-hybridized carbons (Fsp3) is 0. The highest BCUT2D eigenvalue weighted by molar-refractivity contribution is 5.96. The summed E-state index contributed by atoms with van der Waals surface area (Å²) in [7, 11) is 0. The van der Waals surface area contributed by atoms with E-state index in [0.29, 0.717) is 17.1 Å². The van der Waals surface area contributed by atoms with Crippen LogP contribution in [0.25, 0.3) is 16.7 Å². The van der Waals surface area contributed by atoms with E-state index in [9.17, 15) is 4.79 Å². The molecule has 6 nitrogen and oxygen atoms in total. The average Bonchev–Trinajstić information content (AvgIpc) is 2.81. The number of aromatic nitrogens is 3. The lowest BCUT2D eigenvalue weighted by molar-refractivity contribution is 0.1000. The van der Waals surface area contributed by atoms with Crippen LogP contribution in [0.2, 0.25) is 0 Å². The second kappa shape index (κ2) is 4.09. The third kappa shape index (κ3) is 1.79. The number of anilines is 1. The van der Waals surface area contributed by atoms with Crippen molar-refractivity contribution < 1.29 is 4.79 Å². The van der Waals surface area contributed by atoms with Gasteiger partial charge in [0.2, 0.25) is 0 Å². The molecule has 2 aromatic heterocycles. The molecule has 2 heterocycles. The van der Waals surface area contributed by atoms with Crippen LogP contribution in [0.1, 0.15) is 10.4 Å². The Morgan fingerprint density at radius 2 is 2.11 bits per heavy atom. The number of pyridine rings is 1. The number of amides is 1. The maximum atomic E-state index is 11.4. The molecule has 1 aromatic carbocycles. The molecule has 0 atom stereocenters. The van der Waals surface area contributed by atoms with Gasteiger partial charge in [0.25, 0.3) is 5.91 Å². The molecule has 0 spiro atoms. The minimum Gasteiger partial charge on any atom is -0.399 e. The molecule has 0 unspecified atom stereocenters. The van der Waals surface area contributed by atoms with E-state index >= 15 is 0 Å². The van der Waals surface area contributed by atoms with Crippen LogP contribution in [-0.4, -0.2) is 20.7 Å². The van der Waals surface area contributed by atoms with E-state index in [1.807, 2.05) is 6.07 Å². The van der Waals surface area contributed by atoms with E-state index in [1.165, 1.54) is 0 Å². The van der Waals surface area contributed by atoms with Crippen LogP contribution in [0.5, 0.6) is 0 Å². The highest BCUT2D eigenvalue weighted by Crippen LogP contribution is 2.21. The highest BCUT2D eigenvalue weighted by Gasteiger charge is 2.13. The van der Waals surface area contributed by atoms with Crippen LogP contribution in [0.15, 0.2) is 42.7 Å². The lowest BCUT2D eigenvalue weighted by atomic mass is 10.2. The second-order valence-corrected chi connectivity index (χ2v) is 4.11. The van der Waals surface area contributed by atoms with Gasteiger partial charge in [0.1, 0.15) is 0 Å². The Morgan fingerprint density at radius 3 is 2.89 bits per heavy atom. The Kier molecular flexibility index (Phi) is 2.42. The molecule has 3 rings (SSSR count). The van der Waals surface area contributed by atoms with Gasteiger partial charge in [-0.1, -0.05) is 0 Å². The van der Waals surface area contributed by atoms with Crippen molar-refractivity contribution in [2.75, 3.05) is 5.73 Å². The third-order valence-electron chi connectivity index (χ3n) is 2.85. The summed E-state index contributed by atoms with van der Waals surface area (Å²) in [6, 6.07) is 8.71. The van der Waals surface area contributed by atoms with Crippen LogP contribution >= 0.6 is 0 Å². The van der Waals surface area contributed by atoms with Crippen molar-refractivity contribution in [3.63, 3.8) is 0 Å². The standard InChI is InChI=1S/C13H11N5O/c14-9-4-3-8-7-17-18(11(8)6-9)13-10(12(15)19)2-1-5-16-13/h1-7H,14H2,(H2,15,19). The van der Waals surface area contributed by atoms with E-state index in [2.05, 4.69) is 10.1 Å². The summed E-state index contributed by atoms with van der Waals surface area (Å²) in [6.45, 7) is 0. The molecule has 1 amide bonds. The molecule has 0 aliphatic rings. The highest BCUT2D eigenvalue weighted by atomic mass is 16.1. The van der Waals surface area contributed by atoms with Crippen LogP contribution in [-0.2, 0) is 0 Å². The molecule has 0 saturated carbocycles. The quantitative estimate of drug-likeness (QED) is 0.668. The number of benzene rings is 1. The summed E-state index contributed by atoms with van der Waals surface area (Å²) >= 11 is 0. The predicted molar refractivity (Wildman–Crippen MR) is 71.8 cm³/mol. The molecule has 0 saturated heterocycles. The number of nitrogens with two attached hydrogens (primary N) is 2. The zero-order chi connectivity index (χ0) is 13.4. The van der Waals surface area contributed by atoms with Gasteiger partial charge in [0, 0.05) is 17.3 Å². The third-order valence-corrected chi connectivity index (χ3v) is 2.85. The Bertz CT molecular complexity index is 778. The summed E-state index contributed by atoms with van der Waals surface area (Å²) in [6.07, 6.45) is 3.27. The number of carbonyl (C=O) groups excluding carboxylic acids is 1. The number of rotatable bonds is 2. The summed E-state index contributed by atoms with van der Waals surface area (Å²) in [5.41, 5.74) is 12.8. The number of primary amides is 1. The lowest BCUT2D eigenvalue weighted by Gasteiger charge is -2.06. The van der Waals surface area contributed by atoms with Gasteiger partial charge in [0.15, 0.2) is 5.82 Å². The van der Waals surface area contributed by atoms with Gasteiger partial charge in [-0.3, -0.25) is 4.79 Å². The fourth-order valence-electron chi connectivity index (χ4n) is 1.96. The van der Waals surface area contributed by atoms with Crippen molar-refractivity contribution in [1.82, 2.24) is 14.8 Å². The zero-order valence-electron chi connectivity index (χ0n) is 9.95. The minimum absolute atomic E-state index is 0.315. The molecule has 0 aliphatic carbocycles. The van der Waals surface area contributed by atoms with E-state index in [-0.39, 0.29) is 0 Å². The Labute approximate surface area is 108 Å². The van der Waals surface area contributed by atoms with Crippen molar-refractivity contribution >= 4 is 22.5 Å². The molecule has 0 fully saturated rings. The summed E-state index contributed by atoms with van der Waals surface area (Å²) in [5, 5.41) is 5.15. The topological polar surface area (TPSA) is 99.8 Å². The van der Waals surface area contributed by atoms with Gasteiger partial charge in [-0.05, 0) is 30.3 Å². The smallest absolute Gasteiger partial charge is 0.252 e. The van der Waals surface area contributed by atoms with Crippen molar-refractivity contribution in [3.8, 4) is 5.82 Å². The molecule has 0 bridgehead atoms. The molecule has 0 aliphatic heterocycles. The Morgan fingerprint density at radius 1 is 1.26 bits per heavy atom. The molecule has 0 radical (unpaired) electrons. The van der Waals surface area contributed by atoms with Gasteiger partial charge in [-0.2, -0.15) is 5.10 Å². The van der Waals surface area contributed by atoms with Gasteiger partial charge < -0.3 is 11.5 Å². The molecule has 94 valence electrons. The van der Waals surface area contributed by atoms with Gasteiger partial charge >= 0.3 is 0 Å². The molecule has 4 N–H and O–H groups in total. The van der Waals surface area contributed by atoms with E-state index < -0.39 is 5.91 Å². The lowest BCUT2D eigenvalue weighted by Crippen LogP contribution is -2.16. The SMILES string of the molecule is NC(=O)c1cccnc1-n1ncc2ccc(N)cc21. The number of carbonyl (C=O) groups is 1. The minimum atomic E-state index is -0.546. The number of hydrogen-bond donors (Lipinski definition) is 2. The molecular weight excluding hydrogens is 242 g/mol. The summed E-state index contributed by atoms with van der Waals surface area (Å²) < 4.78 is 1.56. The monoisotopic (exact) mass is 253 g/mol. The van der Waals surface area contributed by atoms with Crippen LogP contribution in [0.3, 0.4) is 0 Å². The first-order chi connectivity index (χ1) is 9.16. The second-order valence-electron chi connectivity index (χ2n) is 4.11. The molecule has 3 aromatic rings. The van der Waals surface area contributed by atoms with Gasteiger partial charge in [-0.15, -0.1) is 0 Å². The van der Waals surface area contributed by atoms with Crippen LogP contribution in [0.4, 0.5) is 5.69 Å². The fourth-order valence-corrected chi connectivity index (χ4v) is 1.96. The maximum absolute atomic E-state index is 11.4. The van der Waals surface area contributed by atoms with E-state index in [4.69, 9.17) is 11.5 Å². The van der Waals surface area contributed by atoms with Crippen molar-refractivity contribution in [2.24, 2.45) is 5.73 Å².